The van der Waals surface area contributed by atoms with Crippen molar-refractivity contribution in [3.05, 3.63) is 22.7 Å². The maximum Gasteiger partial charge on any atom is 0.408 e. The number of hydrogen-bond acceptors (Lipinski definition) is 14. The van der Waals surface area contributed by atoms with E-state index in [0.29, 0.717) is 0 Å². The minimum absolute atomic E-state index is 0.148. The molecule has 1 saturated heterocycles. The second-order valence-corrected chi connectivity index (χ2v) is 18.2. The number of aromatic nitrogens is 2. The normalized spacial score (nSPS) is 19.4. The summed E-state index contributed by atoms with van der Waals surface area (Å²) in [6, 6.07) is -2.38. The van der Waals surface area contributed by atoms with Crippen molar-refractivity contribution in [2.24, 2.45) is 17.8 Å². The number of nitrogens with zero attached hydrogens (tertiary/aromatic N) is 2. The molecule has 0 aliphatic carbocycles. The summed E-state index contributed by atoms with van der Waals surface area (Å²) in [7, 11) is 0. The molecule has 1 aliphatic heterocycles. The Morgan fingerprint density at radius 3 is 1.59 bits per heavy atom. The lowest BCUT2D eigenvalue weighted by molar-refractivity contribution is -0.173. The monoisotopic (exact) mass is 824 g/mol. The molecule has 1 aromatic rings. The number of carbonyl (C=O) groups is 6. The molecular weight excluding hydrogens is 760 g/mol. The van der Waals surface area contributed by atoms with E-state index in [1.54, 1.807) is 104 Å². The Hall–Kier alpha value is -4.78. The molecule has 19 heteroatoms. The highest BCUT2D eigenvalue weighted by atomic mass is 16.6. The molecule has 2 heterocycles. The van der Waals surface area contributed by atoms with Crippen LogP contribution in [0.2, 0.25) is 0 Å². The van der Waals surface area contributed by atoms with Gasteiger partial charge in [-0.1, -0.05) is 41.5 Å². The van der Waals surface area contributed by atoms with Gasteiger partial charge in [-0.3, -0.25) is 14.2 Å². The summed E-state index contributed by atoms with van der Waals surface area (Å²) in [4.78, 5) is 96.4. The molecular formula is C39H64N6O13. The van der Waals surface area contributed by atoms with E-state index in [0.717, 1.165) is 4.57 Å². The van der Waals surface area contributed by atoms with Crippen LogP contribution in [0.25, 0.3) is 0 Å². The van der Waals surface area contributed by atoms with Gasteiger partial charge in [-0.05, 0) is 86.1 Å². The number of amides is 4. The van der Waals surface area contributed by atoms with Crippen molar-refractivity contribution in [2.75, 3.05) is 5.32 Å². The lowest BCUT2D eigenvalue weighted by atomic mass is 9.92. The van der Waals surface area contributed by atoms with Crippen LogP contribution in [0.1, 0.15) is 117 Å². The molecule has 0 radical (unpaired) electrons. The average molecular weight is 825 g/mol. The summed E-state index contributed by atoms with van der Waals surface area (Å²) < 4.78 is 28.8. The van der Waals surface area contributed by atoms with Crippen molar-refractivity contribution in [3.8, 4) is 0 Å². The van der Waals surface area contributed by atoms with Crippen LogP contribution in [0.4, 0.5) is 20.2 Å². The molecule has 2 rings (SSSR count). The first kappa shape index (κ1) is 49.4. The molecule has 328 valence electrons. The van der Waals surface area contributed by atoms with Gasteiger partial charge in [0.2, 0.25) is 5.91 Å². The molecule has 4 amide bonds. The molecule has 1 aromatic heterocycles. The number of rotatable bonds is 14. The van der Waals surface area contributed by atoms with Gasteiger partial charge in [0.05, 0.1) is 12.1 Å². The largest absolute Gasteiger partial charge is 0.450 e. The minimum atomic E-state index is -1.87. The van der Waals surface area contributed by atoms with Gasteiger partial charge in [0.15, 0.2) is 11.9 Å². The minimum Gasteiger partial charge on any atom is -0.450 e. The molecule has 1 unspecified atom stereocenters. The van der Waals surface area contributed by atoms with Crippen molar-refractivity contribution in [2.45, 2.75) is 170 Å². The van der Waals surface area contributed by atoms with E-state index < -0.39 is 113 Å². The third kappa shape index (κ3) is 15.5. The van der Waals surface area contributed by atoms with Crippen molar-refractivity contribution in [3.63, 3.8) is 0 Å². The van der Waals surface area contributed by atoms with Crippen molar-refractivity contribution < 1.29 is 57.6 Å². The van der Waals surface area contributed by atoms with Gasteiger partial charge in [0, 0.05) is 12.6 Å². The number of anilines is 1. The Balaban J connectivity index is 2.45. The Labute approximate surface area is 340 Å². The van der Waals surface area contributed by atoms with Crippen LogP contribution in [0, 0.1) is 17.8 Å². The molecule has 58 heavy (non-hydrogen) atoms. The van der Waals surface area contributed by atoms with Gasteiger partial charge in [-0.15, -0.1) is 0 Å². The van der Waals surface area contributed by atoms with E-state index in [4.69, 9.17) is 23.7 Å². The molecule has 19 nitrogen and oxygen atoms in total. The van der Waals surface area contributed by atoms with Crippen molar-refractivity contribution in [1.82, 2.24) is 25.5 Å². The van der Waals surface area contributed by atoms with Gasteiger partial charge in [0.25, 0.3) is 0 Å². The number of hydrogen-bond donors (Lipinski definition) is 5. The number of aliphatic hydroxyl groups excluding tert-OH is 1. The lowest BCUT2D eigenvalue weighted by Crippen LogP contribution is -2.56. The predicted molar refractivity (Wildman–Crippen MR) is 211 cm³/mol. The molecule has 1 aliphatic rings. The predicted octanol–water partition coefficient (Wildman–Crippen LogP) is 3.96. The third-order valence-corrected chi connectivity index (χ3v) is 8.21. The highest BCUT2D eigenvalue weighted by molar-refractivity contribution is 5.96. The quantitative estimate of drug-likeness (QED) is 0.132. The topological polar surface area (TPSA) is 252 Å². The van der Waals surface area contributed by atoms with Crippen LogP contribution in [0.15, 0.2) is 17.1 Å². The van der Waals surface area contributed by atoms with Crippen LogP contribution in [0.3, 0.4) is 0 Å². The van der Waals surface area contributed by atoms with E-state index in [9.17, 15) is 38.7 Å². The fraction of sp³-hybridized carbons (Fsp3) is 0.744. The molecule has 0 spiro atoms. The zero-order chi connectivity index (χ0) is 44.7. The molecule has 7 atom stereocenters. The van der Waals surface area contributed by atoms with E-state index >= 15 is 0 Å². The van der Waals surface area contributed by atoms with E-state index in [1.165, 1.54) is 12.3 Å². The van der Waals surface area contributed by atoms with E-state index in [2.05, 4.69) is 26.3 Å². The number of Topliss-reactive ketones (excluding diaryl/α,β-unsaturated/α-hetero) is 1. The summed E-state index contributed by atoms with van der Waals surface area (Å²) in [6.07, 6.45) is -7.86. The van der Waals surface area contributed by atoms with E-state index in [1.807, 2.05) is 0 Å². The number of esters is 1. The lowest BCUT2D eigenvalue weighted by Gasteiger charge is -2.32. The van der Waals surface area contributed by atoms with Gasteiger partial charge in [-0.2, -0.15) is 4.98 Å². The number of carbonyl (C=O) groups excluding carboxylic acids is 6. The first-order chi connectivity index (χ1) is 26.4. The Morgan fingerprint density at radius 2 is 1.17 bits per heavy atom. The molecule has 5 N–H and O–H groups in total. The van der Waals surface area contributed by atoms with Crippen LogP contribution >= 0.6 is 0 Å². The summed E-state index contributed by atoms with van der Waals surface area (Å²) in [5.74, 6) is -4.25. The molecule has 1 fully saturated rings. The standard InChI is InChI=1S/C39H64N6O13/c1-19(2)25(42-34(51)56-37(7,8)9)28(47)30(55-32(49)27(21(5)6)44-36(53)58-39(13,14)15)29-22(46)18-24(54-29)45-17-16-23(41-33(45)50)40-31(48)26(20(3)4)43-35(52)57-38(10,11)12/h16-17,19-22,24-27,29-30,46H,18H2,1-15H3,(H,42,51)(H,43,52)(H,44,53)(H,40,41,48,50)/t22-,24+,25-,26-,27-,29-,30?/m0/s1. The maximum atomic E-state index is 14.3. The van der Waals surface area contributed by atoms with Crippen molar-refractivity contribution in [1.29, 1.82) is 0 Å². The number of ether oxygens (including phenoxy) is 5. The molecule has 0 saturated carbocycles. The SMILES string of the molecule is CC(C)[C@H](NC(=O)OC(C)(C)C)C(=O)Nc1ccn([C@H]2C[C@H](O)[C@@H](C(OC(=O)[C@@H](NC(=O)OC(C)(C)C)C(C)C)C(=O)[C@@H](NC(=O)OC(C)(C)C)C(C)C)O2)c(=O)n1. The van der Waals surface area contributed by atoms with Crippen LogP contribution < -0.4 is 27.0 Å². The Kier molecular flexibility index (Phi) is 16.8. The van der Waals surface area contributed by atoms with Crippen molar-refractivity contribution >= 4 is 41.8 Å². The zero-order valence-corrected chi connectivity index (χ0v) is 36.4. The fourth-order valence-corrected chi connectivity index (χ4v) is 5.59. The smallest absolute Gasteiger partial charge is 0.408 e. The summed E-state index contributed by atoms with van der Waals surface area (Å²) >= 11 is 0. The average Bonchev–Trinajstić information content (AvgIpc) is 3.41. The number of aliphatic hydroxyl groups is 1. The number of nitrogens with one attached hydrogen (secondary N) is 4. The maximum absolute atomic E-state index is 14.3. The fourth-order valence-electron chi connectivity index (χ4n) is 5.59. The number of ketones is 1. The van der Waals surface area contributed by atoms with Crippen LogP contribution in [-0.4, -0.2) is 104 Å². The summed E-state index contributed by atoms with van der Waals surface area (Å²) in [6.45, 7) is 24.8. The number of alkyl carbamates (subject to hydrolysis) is 3. The summed E-state index contributed by atoms with van der Waals surface area (Å²) in [5, 5.41) is 21.4. The van der Waals surface area contributed by atoms with Crippen LogP contribution in [-0.2, 0) is 38.1 Å². The van der Waals surface area contributed by atoms with Gasteiger partial charge < -0.3 is 50.1 Å². The molecule has 0 bridgehead atoms. The first-order valence-corrected chi connectivity index (χ1v) is 19.4. The first-order valence-electron chi connectivity index (χ1n) is 19.4. The van der Waals surface area contributed by atoms with E-state index in [-0.39, 0.29) is 18.2 Å². The highest BCUT2D eigenvalue weighted by Crippen LogP contribution is 2.32. The highest BCUT2D eigenvalue weighted by Gasteiger charge is 2.49. The third-order valence-electron chi connectivity index (χ3n) is 8.21. The van der Waals surface area contributed by atoms with Gasteiger partial charge in [-0.25, -0.2) is 24.0 Å². The Morgan fingerprint density at radius 1 is 0.741 bits per heavy atom. The van der Waals surface area contributed by atoms with Gasteiger partial charge in [0.1, 0.15) is 47.0 Å². The summed E-state index contributed by atoms with van der Waals surface area (Å²) in [5.41, 5.74) is -3.52. The Bertz CT molecular complexity index is 1690. The van der Waals surface area contributed by atoms with Gasteiger partial charge >= 0.3 is 29.9 Å². The second-order valence-electron chi connectivity index (χ2n) is 18.2. The zero-order valence-electron chi connectivity index (χ0n) is 36.4. The van der Waals surface area contributed by atoms with Crippen LogP contribution in [0.5, 0.6) is 0 Å². The molecule has 0 aromatic carbocycles. The second kappa shape index (κ2) is 19.8.